The number of rotatable bonds is 5. The van der Waals surface area contributed by atoms with Gasteiger partial charge in [0.05, 0.1) is 18.9 Å². The molecule has 1 heterocycles. The number of benzene rings is 2. The van der Waals surface area contributed by atoms with Gasteiger partial charge < -0.3 is 9.47 Å². The lowest BCUT2D eigenvalue weighted by Gasteiger charge is -2.19. The van der Waals surface area contributed by atoms with Gasteiger partial charge in [0.1, 0.15) is 5.41 Å². The van der Waals surface area contributed by atoms with Crippen LogP contribution >= 0.6 is 0 Å². The molecule has 0 aromatic heterocycles. The Labute approximate surface area is 157 Å². The fourth-order valence-corrected chi connectivity index (χ4v) is 4.29. The first kappa shape index (κ1) is 17.4. The Morgan fingerprint density at radius 3 is 2.26 bits per heavy atom. The molecule has 6 nitrogen and oxygen atoms in total. The number of azo groups is 1. The Morgan fingerprint density at radius 1 is 0.926 bits per heavy atom. The SMILES string of the molecule is CCOC(=O)[C@@]12N=Nc3ccccc3C1[C@]2(C(=O)OCC)c1ccccc1. The number of hydrogen-bond donors (Lipinski definition) is 0. The van der Waals surface area contributed by atoms with Gasteiger partial charge in [-0.1, -0.05) is 48.5 Å². The number of esters is 2. The molecular weight excluding hydrogens is 344 g/mol. The normalized spacial score (nSPS) is 27.3. The van der Waals surface area contributed by atoms with Crippen molar-refractivity contribution in [1.82, 2.24) is 0 Å². The molecule has 2 aromatic rings. The van der Waals surface area contributed by atoms with Crippen LogP contribution in [0.5, 0.6) is 0 Å². The van der Waals surface area contributed by atoms with E-state index in [1.54, 1.807) is 13.8 Å². The summed E-state index contributed by atoms with van der Waals surface area (Å²) in [5, 5.41) is 8.65. The van der Waals surface area contributed by atoms with Crippen LogP contribution in [-0.2, 0) is 24.5 Å². The Kier molecular flexibility index (Phi) is 4.06. The highest BCUT2D eigenvalue weighted by atomic mass is 16.5. The van der Waals surface area contributed by atoms with E-state index >= 15 is 0 Å². The molecule has 0 saturated heterocycles. The summed E-state index contributed by atoms with van der Waals surface area (Å²) in [5.41, 5.74) is -0.587. The van der Waals surface area contributed by atoms with Gasteiger partial charge in [0.15, 0.2) is 0 Å². The first-order valence-corrected chi connectivity index (χ1v) is 9.06. The summed E-state index contributed by atoms with van der Waals surface area (Å²) >= 11 is 0. The van der Waals surface area contributed by atoms with Gasteiger partial charge in [0.2, 0.25) is 5.54 Å². The van der Waals surface area contributed by atoms with E-state index in [9.17, 15) is 9.59 Å². The van der Waals surface area contributed by atoms with Crippen molar-refractivity contribution in [3.63, 3.8) is 0 Å². The van der Waals surface area contributed by atoms with E-state index in [0.29, 0.717) is 11.3 Å². The number of carbonyl (C=O) groups is 2. The monoisotopic (exact) mass is 364 g/mol. The number of carbonyl (C=O) groups excluding carboxylic acids is 2. The maximum absolute atomic E-state index is 13.3. The summed E-state index contributed by atoms with van der Waals surface area (Å²) in [4.78, 5) is 26.4. The minimum absolute atomic E-state index is 0.193. The lowest BCUT2D eigenvalue weighted by Crippen LogP contribution is -2.38. The Morgan fingerprint density at radius 2 is 1.56 bits per heavy atom. The lowest BCUT2D eigenvalue weighted by atomic mass is 9.88. The zero-order valence-corrected chi connectivity index (χ0v) is 15.2. The predicted octanol–water partition coefficient (Wildman–Crippen LogP) is 3.68. The van der Waals surface area contributed by atoms with Gasteiger partial charge in [-0.05, 0) is 31.0 Å². The third-order valence-electron chi connectivity index (χ3n) is 5.35. The molecule has 2 aromatic carbocycles. The zero-order chi connectivity index (χ0) is 19.1. The van der Waals surface area contributed by atoms with E-state index in [1.165, 1.54) is 0 Å². The maximum Gasteiger partial charge on any atom is 0.338 e. The highest BCUT2D eigenvalue weighted by Crippen LogP contribution is 2.74. The van der Waals surface area contributed by atoms with Gasteiger partial charge in [-0.25, -0.2) is 4.79 Å². The molecule has 138 valence electrons. The average molecular weight is 364 g/mol. The fourth-order valence-electron chi connectivity index (χ4n) is 4.29. The predicted molar refractivity (Wildman–Crippen MR) is 97.8 cm³/mol. The minimum Gasteiger partial charge on any atom is -0.465 e. The third-order valence-corrected chi connectivity index (χ3v) is 5.35. The van der Waals surface area contributed by atoms with Crippen LogP contribution in [-0.4, -0.2) is 30.7 Å². The van der Waals surface area contributed by atoms with E-state index in [4.69, 9.17) is 9.47 Å². The molecule has 1 aliphatic heterocycles. The molecule has 2 aliphatic rings. The standard InChI is InChI=1S/C21H20N2O4/c1-3-26-18(24)20(14-10-6-5-7-11-14)17-15-12-8-9-13-16(15)22-23-21(17,20)19(25)27-4-2/h5-13,17H,3-4H2,1-2H3/t17?,20-,21-/m0/s1. The molecule has 3 atom stereocenters. The van der Waals surface area contributed by atoms with E-state index < -0.39 is 28.8 Å². The molecule has 0 amide bonds. The van der Waals surface area contributed by atoms with Crippen LogP contribution in [0, 0.1) is 0 Å². The van der Waals surface area contributed by atoms with Crippen molar-refractivity contribution in [3.8, 4) is 0 Å². The van der Waals surface area contributed by atoms with Crippen LogP contribution in [0.4, 0.5) is 5.69 Å². The number of hydrogen-bond acceptors (Lipinski definition) is 6. The summed E-state index contributed by atoms with van der Waals surface area (Å²) < 4.78 is 10.8. The van der Waals surface area contributed by atoms with Gasteiger partial charge in [0, 0.05) is 5.92 Å². The van der Waals surface area contributed by atoms with Gasteiger partial charge in [-0.3, -0.25) is 4.79 Å². The fraction of sp³-hybridized carbons (Fsp3) is 0.333. The molecule has 0 radical (unpaired) electrons. The van der Waals surface area contributed by atoms with Crippen molar-refractivity contribution in [2.75, 3.05) is 13.2 Å². The van der Waals surface area contributed by atoms with Crippen LogP contribution in [0.2, 0.25) is 0 Å². The summed E-state index contributed by atoms with van der Waals surface area (Å²) in [6.07, 6.45) is 0. The second kappa shape index (κ2) is 6.30. The van der Waals surface area contributed by atoms with Crippen LogP contribution < -0.4 is 0 Å². The lowest BCUT2D eigenvalue weighted by molar-refractivity contribution is -0.153. The minimum atomic E-state index is -1.44. The average Bonchev–Trinajstić information content (AvgIpc) is 3.36. The van der Waals surface area contributed by atoms with Crippen LogP contribution in [0.1, 0.15) is 30.9 Å². The summed E-state index contributed by atoms with van der Waals surface area (Å²) in [6, 6.07) is 16.6. The first-order chi connectivity index (χ1) is 13.1. The van der Waals surface area contributed by atoms with Gasteiger partial charge in [-0.15, -0.1) is 0 Å². The molecule has 1 fully saturated rings. The zero-order valence-electron chi connectivity index (χ0n) is 15.2. The quantitative estimate of drug-likeness (QED) is 0.758. The van der Waals surface area contributed by atoms with Crippen molar-refractivity contribution in [3.05, 3.63) is 65.7 Å². The highest BCUT2D eigenvalue weighted by molar-refractivity contribution is 6.07. The summed E-state index contributed by atoms with van der Waals surface area (Å²) in [7, 11) is 0. The first-order valence-electron chi connectivity index (χ1n) is 9.06. The maximum atomic E-state index is 13.3. The Hall–Kier alpha value is -3.02. The van der Waals surface area contributed by atoms with Gasteiger partial charge in [-0.2, -0.15) is 10.2 Å². The molecule has 0 N–H and O–H groups in total. The van der Waals surface area contributed by atoms with Crippen molar-refractivity contribution < 1.29 is 19.1 Å². The molecule has 1 saturated carbocycles. The van der Waals surface area contributed by atoms with Crippen molar-refractivity contribution in [2.45, 2.75) is 30.7 Å². The smallest absolute Gasteiger partial charge is 0.338 e. The molecule has 6 heteroatoms. The largest absolute Gasteiger partial charge is 0.465 e. The number of fused-ring (bicyclic) bond motifs is 3. The van der Waals surface area contributed by atoms with E-state index in [1.807, 2.05) is 54.6 Å². The second-order valence-electron chi connectivity index (χ2n) is 6.57. The van der Waals surface area contributed by atoms with Crippen LogP contribution in [0.25, 0.3) is 0 Å². The van der Waals surface area contributed by atoms with E-state index in [2.05, 4.69) is 10.2 Å². The summed E-state index contributed by atoms with van der Waals surface area (Å²) in [5.74, 6) is -1.55. The Balaban J connectivity index is 1.99. The topological polar surface area (TPSA) is 77.3 Å². The molecule has 1 aliphatic carbocycles. The molecule has 1 unspecified atom stereocenters. The van der Waals surface area contributed by atoms with Crippen molar-refractivity contribution in [1.29, 1.82) is 0 Å². The third kappa shape index (κ3) is 2.13. The molecule has 4 rings (SSSR count). The number of ether oxygens (including phenoxy) is 2. The van der Waals surface area contributed by atoms with Crippen molar-refractivity contribution in [2.24, 2.45) is 10.2 Å². The highest BCUT2D eigenvalue weighted by Gasteiger charge is 2.89. The molecular formula is C21H20N2O4. The summed E-state index contributed by atoms with van der Waals surface area (Å²) in [6.45, 7) is 3.87. The van der Waals surface area contributed by atoms with E-state index in [0.717, 1.165) is 5.56 Å². The molecule has 27 heavy (non-hydrogen) atoms. The second-order valence-corrected chi connectivity index (χ2v) is 6.57. The van der Waals surface area contributed by atoms with Gasteiger partial charge >= 0.3 is 11.9 Å². The molecule has 0 spiro atoms. The van der Waals surface area contributed by atoms with E-state index in [-0.39, 0.29) is 13.2 Å². The molecule has 0 bridgehead atoms. The van der Waals surface area contributed by atoms with Crippen LogP contribution in [0.3, 0.4) is 0 Å². The Bertz CT molecular complexity index is 927. The number of nitrogens with zero attached hydrogens (tertiary/aromatic N) is 2. The van der Waals surface area contributed by atoms with Crippen molar-refractivity contribution >= 4 is 17.6 Å². The van der Waals surface area contributed by atoms with Gasteiger partial charge in [0.25, 0.3) is 0 Å². The van der Waals surface area contributed by atoms with Crippen LogP contribution in [0.15, 0.2) is 64.8 Å².